The number of carbonyl (C=O) groups is 1. The maximum atomic E-state index is 13.4. The van der Waals surface area contributed by atoms with Crippen molar-refractivity contribution in [3.63, 3.8) is 0 Å². The lowest BCUT2D eigenvalue weighted by Gasteiger charge is -2.10. The first-order valence-electron chi connectivity index (χ1n) is 11.6. The van der Waals surface area contributed by atoms with Gasteiger partial charge in [-0.1, -0.05) is 41.9 Å². The minimum atomic E-state index is -0.488. The molecule has 0 spiro atoms. The van der Waals surface area contributed by atoms with Crippen molar-refractivity contribution < 1.29 is 18.7 Å². The van der Waals surface area contributed by atoms with E-state index in [2.05, 4.69) is 10.1 Å². The molecule has 0 saturated carbocycles. The van der Waals surface area contributed by atoms with E-state index in [4.69, 9.17) is 25.5 Å². The zero-order chi connectivity index (χ0) is 25.9. The molecule has 0 N–H and O–H groups in total. The van der Waals surface area contributed by atoms with Crippen molar-refractivity contribution in [2.75, 3.05) is 6.61 Å². The fourth-order valence-electron chi connectivity index (χ4n) is 3.75. The van der Waals surface area contributed by atoms with Crippen LogP contribution in [-0.2, 0) is 9.53 Å². The number of esters is 1. The van der Waals surface area contributed by atoms with E-state index >= 15 is 0 Å². The van der Waals surface area contributed by atoms with Crippen LogP contribution in [-0.4, -0.2) is 34.6 Å². The number of aromatic nitrogens is 2. The van der Waals surface area contributed by atoms with Gasteiger partial charge >= 0.3 is 5.97 Å². The predicted octanol–water partition coefficient (Wildman–Crippen LogP) is 5.68. The van der Waals surface area contributed by atoms with E-state index in [1.54, 1.807) is 50.2 Å². The van der Waals surface area contributed by atoms with E-state index in [9.17, 15) is 9.59 Å². The second kappa shape index (κ2) is 10.3. The summed E-state index contributed by atoms with van der Waals surface area (Å²) in [5, 5.41) is 6.02. The number of ether oxygens (including phenoxy) is 2. The molecule has 0 amide bonds. The summed E-state index contributed by atoms with van der Waals surface area (Å²) < 4.78 is 17.7. The Bertz CT molecular complexity index is 1670. The first-order chi connectivity index (χ1) is 17.9. The first-order valence-corrected chi connectivity index (χ1v) is 11.9. The zero-order valence-electron chi connectivity index (χ0n) is 20.1. The van der Waals surface area contributed by atoms with Crippen molar-refractivity contribution in [2.45, 2.75) is 20.0 Å². The molecule has 0 saturated heterocycles. The summed E-state index contributed by atoms with van der Waals surface area (Å²) in [7, 11) is 0. The molecule has 37 heavy (non-hydrogen) atoms. The smallest absolute Gasteiger partial charge is 0.344 e. The highest BCUT2D eigenvalue weighted by atomic mass is 35.5. The number of furan rings is 1. The van der Waals surface area contributed by atoms with E-state index in [-0.39, 0.29) is 29.1 Å². The number of nitrogens with zero attached hydrogens (tertiary/aromatic N) is 3. The van der Waals surface area contributed by atoms with Crippen LogP contribution in [0.5, 0.6) is 5.75 Å². The Labute approximate surface area is 216 Å². The van der Waals surface area contributed by atoms with Crippen LogP contribution in [0.1, 0.15) is 19.4 Å². The molecule has 2 heterocycles. The van der Waals surface area contributed by atoms with Gasteiger partial charge in [0.05, 0.1) is 28.2 Å². The average molecular weight is 516 g/mol. The van der Waals surface area contributed by atoms with Crippen molar-refractivity contribution in [3.8, 4) is 17.3 Å². The molecule has 0 aliphatic heterocycles. The summed E-state index contributed by atoms with van der Waals surface area (Å²) in [5.74, 6) is 0.521. The molecule has 8 nitrogen and oxygen atoms in total. The molecule has 186 valence electrons. The summed E-state index contributed by atoms with van der Waals surface area (Å²) in [6.07, 6.45) is 1.26. The van der Waals surface area contributed by atoms with Crippen molar-refractivity contribution >= 4 is 45.7 Å². The number of rotatable bonds is 7. The number of hydrogen-bond donors (Lipinski definition) is 0. The van der Waals surface area contributed by atoms with Crippen molar-refractivity contribution in [1.82, 2.24) is 9.66 Å². The van der Waals surface area contributed by atoms with Gasteiger partial charge < -0.3 is 13.9 Å². The van der Waals surface area contributed by atoms with Crippen molar-refractivity contribution in [3.05, 3.63) is 93.7 Å². The maximum absolute atomic E-state index is 13.4. The largest absolute Gasteiger partial charge is 0.480 e. The number of halogens is 1. The summed E-state index contributed by atoms with van der Waals surface area (Å²) in [4.78, 5) is 29.8. The standard InChI is InChI=1S/C28H22ClN3O5/c1-17(2)36-26(33)16-35-24-12-11-18(13-21(24)29)15-30-32-27(25-14-19-7-3-6-10-23(19)37-25)31-22-9-5-4-8-20(22)28(32)34/h3-15,17H,16H2,1-2H3. The average Bonchev–Trinajstić information content (AvgIpc) is 3.31. The molecule has 2 aromatic heterocycles. The van der Waals surface area contributed by atoms with Gasteiger partial charge in [0.15, 0.2) is 12.4 Å². The molecule has 5 aromatic rings. The third-order valence-corrected chi connectivity index (χ3v) is 5.69. The Hall–Kier alpha value is -4.43. The Balaban J connectivity index is 1.49. The fraction of sp³-hybridized carbons (Fsp3) is 0.143. The van der Waals surface area contributed by atoms with Crippen LogP contribution in [0.15, 0.2) is 87.1 Å². The Kier molecular flexibility index (Phi) is 6.74. The van der Waals surface area contributed by atoms with E-state index < -0.39 is 5.97 Å². The van der Waals surface area contributed by atoms with Crippen molar-refractivity contribution in [1.29, 1.82) is 0 Å². The first kappa shape index (κ1) is 24.3. The van der Waals surface area contributed by atoms with Crippen LogP contribution < -0.4 is 10.3 Å². The summed E-state index contributed by atoms with van der Waals surface area (Å²) in [6.45, 7) is 3.26. The predicted molar refractivity (Wildman–Crippen MR) is 142 cm³/mol. The number of benzene rings is 3. The highest BCUT2D eigenvalue weighted by Gasteiger charge is 2.16. The quantitative estimate of drug-likeness (QED) is 0.204. The monoisotopic (exact) mass is 515 g/mol. The minimum Gasteiger partial charge on any atom is -0.480 e. The second-order valence-corrected chi connectivity index (χ2v) is 8.89. The van der Waals surface area contributed by atoms with Crippen LogP contribution >= 0.6 is 11.6 Å². The van der Waals surface area contributed by atoms with Gasteiger partial charge in [-0.05, 0) is 61.9 Å². The molecular formula is C28H22ClN3O5. The maximum Gasteiger partial charge on any atom is 0.344 e. The minimum absolute atomic E-state index is 0.234. The van der Waals surface area contributed by atoms with Gasteiger partial charge in [0, 0.05) is 5.39 Å². The molecule has 0 atom stereocenters. The summed E-state index contributed by atoms with van der Waals surface area (Å²) in [5.41, 5.74) is 1.48. The summed E-state index contributed by atoms with van der Waals surface area (Å²) >= 11 is 6.35. The number of fused-ring (bicyclic) bond motifs is 2. The molecule has 0 bridgehead atoms. The van der Waals surface area contributed by atoms with Gasteiger partial charge in [0.1, 0.15) is 11.3 Å². The third kappa shape index (κ3) is 5.24. The van der Waals surface area contributed by atoms with Crippen LogP contribution in [0.25, 0.3) is 33.5 Å². The third-order valence-electron chi connectivity index (χ3n) is 5.39. The Morgan fingerprint density at radius 2 is 1.89 bits per heavy atom. The van der Waals surface area contributed by atoms with Crippen LogP contribution in [0, 0.1) is 0 Å². The van der Waals surface area contributed by atoms with Gasteiger partial charge in [-0.3, -0.25) is 4.79 Å². The normalized spacial score (nSPS) is 11.6. The van der Waals surface area contributed by atoms with E-state index in [1.807, 2.05) is 36.4 Å². The van der Waals surface area contributed by atoms with Gasteiger partial charge in [-0.25, -0.2) is 9.78 Å². The van der Waals surface area contributed by atoms with Gasteiger partial charge in [-0.15, -0.1) is 0 Å². The van der Waals surface area contributed by atoms with Crippen molar-refractivity contribution in [2.24, 2.45) is 5.10 Å². The lowest BCUT2D eigenvalue weighted by atomic mass is 10.2. The van der Waals surface area contributed by atoms with Crippen LogP contribution in [0.4, 0.5) is 0 Å². The number of hydrogen-bond acceptors (Lipinski definition) is 7. The van der Waals surface area contributed by atoms with Gasteiger partial charge in [-0.2, -0.15) is 9.78 Å². The van der Waals surface area contributed by atoms with Crippen LogP contribution in [0.3, 0.4) is 0 Å². The molecule has 0 unspecified atom stereocenters. The molecule has 0 radical (unpaired) electrons. The Morgan fingerprint density at radius 3 is 2.68 bits per heavy atom. The number of carbonyl (C=O) groups excluding carboxylic acids is 1. The zero-order valence-corrected chi connectivity index (χ0v) is 20.8. The van der Waals surface area contributed by atoms with Gasteiger partial charge in [0.2, 0.25) is 5.82 Å². The van der Waals surface area contributed by atoms with Gasteiger partial charge in [0.25, 0.3) is 5.56 Å². The molecule has 9 heteroatoms. The van der Waals surface area contributed by atoms with E-state index in [1.165, 1.54) is 10.9 Å². The molecule has 3 aromatic carbocycles. The molecule has 5 rings (SSSR count). The SMILES string of the molecule is CC(C)OC(=O)COc1ccc(C=Nn2c(-c3cc4ccccc4o3)nc3ccccc3c2=O)cc1Cl. The lowest BCUT2D eigenvalue weighted by molar-refractivity contribution is -0.149. The van der Waals surface area contributed by atoms with Crippen LogP contribution in [0.2, 0.25) is 5.02 Å². The number of para-hydroxylation sites is 2. The van der Waals surface area contributed by atoms with E-state index in [0.29, 0.717) is 33.6 Å². The molecule has 0 aliphatic carbocycles. The summed E-state index contributed by atoms with van der Waals surface area (Å²) in [6, 6.07) is 21.4. The highest BCUT2D eigenvalue weighted by Crippen LogP contribution is 2.28. The fourth-order valence-corrected chi connectivity index (χ4v) is 4.00. The topological polar surface area (TPSA) is 95.9 Å². The molecule has 0 fully saturated rings. The lowest BCUT2D eigenvalue weighted by Crippen LogP contribution is -2.20. The Morgan fingerprint density at radius 1 is 1.11 bits per heavy atom. The van der Waals surface area contributed by atoms with E-state index in [0.717, 1.165) is 5.39 Å². The highest BCUT2D eigenvalue weighted by molar-refractivity contribution is 6.32. The second-order valence-electron chi connectivity index (χ2n) is 8.48. The molecular weight excluding hydrogens is 494 g/mol. The molecule has 0 aliphatic rings.